The lowest BCUT2D eigenvalue weighted by atomic mass is 10.1. The van der Waals surface area contributed by atoms with Crippen LogP contribution in [0, 0.1) is 0 Å². The van der Waals surface area contributed by atoms with Crippen molar-refractivity contribution in [2.45, 2.75) is 25.9 Å². The van der Waals surface area contributed by atoms with Gasteiger partial charge >= 0.3 is 0 Å². The summed E-state index contributed by atoms with van der Waals surface area (Å²) in [7, 11) is 1.67. The van der Waals surface area contributed by atoms with Crippen LogP contribution in [-0.2, 0) is 11.3 Å². The van der Waals surface area contributed by atoms with Crippen LogP contribution in [0.25, 0.3) is 5.69 Å². The molecule has 0 saturated heterocycles. The third kappa shape index (κ3) is 4.15. The van der Waals surface area contributed by atoms with Crippen molar-refractivity contribution < 1.29 is 9.53 Å². The highest BCUT2D eigenvalue weighted by molar-refractivity contribution is 5.94. The molecule has 1 N–H and O–H groups in total. The van der Waals surface area contributed by atoms with E-state index in [9.17, 15) is 4.79 Å². The number of ether oxygens (including phenoxy) is 1. The average molecular weight is 354 g/mol. The molecule has 3 rings (SSSR count). The highest BCUT2D eigenvalue weighted by Crippen LogP contribution is 2.13. The number of rotatable bonds is 8. The van der Waals surface area contributed by atoms with E-state index in [0.717, 1.165) is 24.5 Å². The Hall–Kier alpha value is -3.00. The average Bonchev–Trinajstić information content (AvgIpc) is 3.34. The van der Waals surface area contributed by atoms with Gasteiger partial charge < -0.3 is 19.2 Å². The molecule has 2 heterocycles. The van der Waals surface area contributed by atoms with Gasteiger partial charge in [0.25, 0.3) is 5.91 Å². The van der Waals surface area contributed by atoms with Crippen molar-refractivity contribution in [3.63, 3.8) is 0 Å². The van der Waals surface area contributed by atoms with E-state index in [4.69, 9.17) is 4.74 Å². The van der Waals surface area contributed by atoms with Gasteiger partial charge in [-0.15, -0.1) is 10.2 Å². The van der Waals surface area contributed by atoms with Gasteiger partial charge in [0.05, 0.1) is 12.4 Å². The lowest BCUT2D eigenvalue weighted by Crippen LogP contribution is -2.28. The standard InChI is InChI=1S/C18H22N6O2/c1-14(17-22-20-13-24(17)9-3-11-26-2)21-18(25)15-4-6-16(7-5-15)23-10-8-19-12-23/h4-8,10,12-14H,3,9,11H2,1-2H3,(H,21,25). The number of hydrogen-bond acceptors (Lipinski definition) is 5. The number of imidazole rings is 1. The molecular formula is C18H22N6O2. The van der Waals surface area contributed by atoms with E-state index in [-0.39, 0.29) is 11.9 Å². The molecule has 0 spiro atoms. The van der Waals surface area contributed by atoms with E-state index in [0.29, 0.717) is 12.2 Å². The minimum absolute atomic E-state index is 0.152. The Morgan fingerprint density at radius 3 is 2.77 bits per heavy atom. The highest BCUT2D eigenvalue weighted by Gasteiger charge is 2.16. The van der Waals surface area contributed by atoms with Gasteiger partial charge in [-0.2, -0.15) is 0 Å². The van der Waals surface area contributed by atoms with Gasteiger partial charge in [-0.25, -0.2) is 4.98 Å². The Bertz CT molecular complexity index is 826. The summed E-state index contributed by atoms with van der Waals surface area (Å²) < 4.78 is 8.89. The third-order valence-electron chi connectivity index (χ3n) is 4.06. The highest BCUT2D eigenvalue weighted by atomic mass is 16.5. The normalized spacial score (nSPS) is 12.1. The van der Waals surface area contributed by atoms with Crippen LogP contribution in [0.3, 0.4) is 0 Å². The molecule has 1 unspecified atom stereocenters. The lowest BCUT2D eigenvalue weighted by Gasteiger charge is -2.15. The summed E-state index contributed by atoms with van der Waals surface area (Å²) in [6, 6.07) is 7.10. The Balaban J connectivity index is 1.63. The largest absolute Gasteiger partial charge is 0.385 e. The molecule has 0 aliphatic heterocycles. The number of nitrogens with one attached hydrogen (secondary N) is 1. The van der Waals surface area contributed by atoms with E-state index < -0.39 is 0 Å². The van der Waals surface area contributed by atoms with Crippen molar-refractivity contribution in [2.75, 3.05) is 13.7 Å². The minimum Gasteiger partial charge on any atom is -0.385 e. The smallest absolute Gasteiger partial charge is 0.251 e. The summed E-state index contributed by atoms with van der Waals surface area (Å²) in [6.45, 7) is 3.31. The molecule has 8 nitrogen and oxygen atoms in total. The molecule has 1 amide bonds. The number of benzene rings is 1. The van der Waals surface area contributed by atoms with Crippen molar-refractivity contribution in [3.05, 3.63) is 60.7 Å². The Morgan fingerprint density at radius 2 is 2.08 bits per heavy atom. The first-order valence-corrected chi connectivity index (χ1v) is 8.45. The molecule has 1 aromatic carbocycles. The predicted octanol–water partition coefficient (Wildman–Crippen LogP) is 1.99. The fraction of sp³-hybridized carbons (Fsp3) is 0.333. The maximum absolute atomic E-state index is 12.5. The van der Waals surface area contributed by atoms with Crippen LogP contribution >= 0.6 is 0 Å². The monoisotopic (exact) mass is 354 g/mol. The van der Waals surface area contributed by atoms with Crippen molar-refractivity contribution >= 4 is 5.91 Å². The SMILES string of the molecule is COCCCn1cnnc1C(C)NC(=O)c1ccc(-n2ccnc2)cc1. The maximum Gasteiger partial charge on any atom is 0.251 e. The fourth-order valence-corrected chi connectivity index (χ4v) is 2.69. The summed E-state index contributed by atoms with van der Waals surface area (Å²) in [5, 5.41) is 11.1. The molecule has 8 heteroatoms. The molecule has 0 fully saturated rings. The Morgan fingerprint density at radius 1 is 1.27 bits per heavy atom. The Labute approximate surface area is 151 Å². The summed E-state index contributed by atoms with van der Waals surface area (Å²) in [6.07, 6.45) is 7.82. The van der Waals surface area contributed by atoms with Gasteiger partial charge in [0.2, 0.25) is 0 Å². The fourth-order valence-electron chi connectivity index (χ4n) is 2.69. The molecule has 26 heavy (non-hydrogen) atoms. The van der Waals surface area contributed by atoms with Crippen molar-refractivity contribution in [1.82, 2.24) is 29.6 Å². The third-order valence-corrected chi connectivity index (χ3v) is 4.06. The van der Waals surface area contributed by atoms with E-state index in [1.54, 1.807) is 38.1 Å². The van der Waals surface area contributed by atoms with E-state index in [1.165, 1.54) is 0 Å². The number of methoxy groups -OCH3 is 1. The van der Waals surface area contributed by atoms with Gasteiger partial charge in [-0.05, 0) is 37.6 Å². The van der Waals surface area contributed by atoms with Gasteiger partial charge in [0.15, 0.2) is 5.82 Å². The zero-order chi connectivity index (χ0) is 18.4. The molecule has 0 radical (unpaired) electrons. The number of carbonyl (C=O) groups excluding carboxylic acids is 1. The number of amides is 1. The van der Waals surface area contributed by atoms with Crippen LogP contribution < -0.4 is 5.32 Å². The summed E-state index contributed by atoms with van der Waals surface area (Å²) in [5.41, 5.74) is 1.54. The predicted molar refractivity (Wildman–Crippen MR) is 96.0 cm³/mol. The second-order valence-corrected chi connectivity index (χ2v) is 5.94. The molecule has 0 saturated carbocycles. The zero-order valence-corrected chi connectivity index (χ0v) is 14.9. The number of aryl methyl sites for hydroxylation is 1. The van der Waals surface area contributed by atoms with Crippen LogP contribution in [0.5, 0.6) is 0 Å². The maximum atomic E-state index is 12.5. The van der Waals surface area contributed by atoms with E-state index >= 15 is 0 Å². The van der Waals surface area contributed by atoms with Crippen LogP contribution in [0.15, 0.2) is 49.3 Å². The topological polar surface area (TPSA) is 86.9 Å². The number of aromatic nitrogens is 5. The summed E-state index contributed by atoms with van der Waals surface area (Å²) in [5.74, 6) is 0.575. The summed E-state index contributed by atoms with van der Waals surface area (Å²) >= 11 is 0. The molecule has 0 aliphatic rings. The molecule has 136 valence electrons. The van der Waals surface area contributed by atoms with Gasteiger partial charge in [-0.1, -0.05) is 0 Å². The number of nitrogens with zero attached hydrogens (tertiary/aromatic N) is 5. The minimum atomic E-state index is -0.249. The summed E-state index contributed by atoms with van der Waals surface area (Å²) in [4.78, 5) is 16.5. The molecule has 0 aliphatic carbocycles. The van der Waals surface area contributed by atoms with Crippen molar-refractivity contribution in [1.29, 1.82) is 0 Å². The van der Waals surface area contributed by atoms with Crippen LogP contribution in [0.2, 0.25) is 0 Å². The van der Waals surface area contributed by atoms with Gasteiger partial charge in [-0.3, -0.25) is 4.79 Å². The van der Waals surface area contributed by atoms with Crippen molar-refractivity contribution in [2.24, 2.45) is 0 Å². The molecule has 1 atom stereocenters. The molecular weight excluding hydrogens is 332 g/mol. The number of hydrogen-bond donors (Lipinski definition) is 1. The molecule has 0 bridgehead atoms. The molecule has 3 aromatic rings. The van der Waals surface area contributed by atoms with Crippen molar-refractivity contribution in [3.8, 4) is 5.69 Å². The van der Waals surface area contributed by atoms with E-state index in [2.05, 4.69) is 20.5 Å². The van der Waals surface area contributed by atoms with Gasteiger partial charge in [0.1, 0.15) is 6.33 Å². The Kier molecular flexibility index (Phi) is 5.75. The second kappa shape index (κ2) is 8.39. The van der Waals surface area contributed by atoms with E-state index in [1.807, 2.05) is 34.4 Å². The quantitative estimate of drug-likeness (QED) is 0.625. The first-order chi connectivity index (χ1) is 12.7. The van der Waals surface area contributed by atoms with Crippen LogP contribution in [0.1, 0.15) is 35.6 Å². The van der Waals surface area contributed by atoms with Crippen LogP contribution in [-0.4, -0.2) is 43.9 Å². The first kappa shape index (κ1) is 17.8. The van der Waals surface area contributed by atoms with Gasteiger partial charge in [0, 0.05) is 43.9 Å². The van der Waals surface area contributed by atoms with Crippen LogP contribution in [0.4, 0.5) is 0 Å². The molecule has 2 aromatic heterocycles. The second-order valence-electron chi connectivity index (χ2n) is 5.94. The number of carbonyl (C=O) groups is 1. The first-order valence-electron chi connectivity index (χ1n) is 8.45. The lowest BCUT2D eigenvalue weighted by molar-refractivity contribution is 0.0937. The zero-order valence-electron chi connectivity index (χ0n) is 14.9.